The van der Waals surface area contributed by atoms with Crippen molar-refractivity contribution < 1.29 is 12.8 Å². The Hall–Kier alpha value is -0.970. The van der Waals surface area contributed by atoms with Crippen molar-refractivity contribution in [3.63, 3.8) is 0 Å². The largest absolute Gasteiger partial charge is 0.238 e. The van der Waals surface area contributed by atoms with Crippen LogP contribution in [0.5, 0.6) is 0 Å². The summed E-state index contributed by atoms with van der Waals surface area (Å²) < 4.78 is 35.6. The smallest absolute Gasteiger partial charge is 0.196 e. The highest BCUT2D eigenvalue weighted by Gasteiger charge is 2.28. The Balaban J connectivity index is 2.75. The Kier molecular flexibility index (Phi) is 1.66. The summed E-state index contributed by atoms with van der Waals surface area (Å²) in [5.74, 6) is -0.381. The van der Waals surface area contributed by atoms with E-state index in [2.05, 4.69) is 4.98 Å². The lowest BCUT2D eigenvalue weighted by Gasteiger charge is -1.99. The molecule has 0 radical (unpaired) electrons. The van der Waals surface area contributed by atoms with E-state index in [0.29, 0.717) is 12.0 Å². The van der Waals surface area contributed by atoms with Crippen LogP contribution in [0.4, 0.5) is 4.39 Å². The van der Waals surface area contributed by atoms with Crippen LogP contribution in [0, 0.1) is 12.7 Å². The fourth-order valence-electron chi connectivity index (χ4n) is 1.39. The summed E-state index contributed by atoms with van der Waals surface area (Å²) >= 11 is 0. The zero-order valence-electron chi connectivity index (χ0n) is 7.04. The number of halogens is 1. The summed E-state index contributed by atoms with van der Waals surface area (Å²) in [5, 5.41) is 0.0615. The first-order valence-electron chi connectivity index (χ1n) is 3.89. The van der Waals surface area contributed by atoms with E-state index in [4.69, 9.17) is 0 Å². The molecule has 0 aliphatic carbocycles. The molecule has 0 fully saturated rings. The Morgan fingerprint density at radius 1 is 1.54 bits per heavy atom. The molecule has 13 heavy (non-hydrogen) atoms. The third-order valence-electron chi connectivity index (χ3n) is 2.13. The fraction of sp³-hybridized carbons (Fsp3) is 0.375. The van der Waals surface area contributed by atoms with E-state index in [1.807, 2.05) is 0 Å². The van der Waals surface area contributed by atoms with Gasteiger partial charge in [-0.2, -0.15) is 0 Å². The van der Waals surface area contributed by atoms with E-state index in [-0.39, 0.29) is 16.5 Å². The number of aryl methyl sites for hydroxylation is 2. The van der Waals surface area contributed by atoms with Crippen LogP contribution in [0.25, 0.3) is 0 Å². The molecule has 5 heteroatoms. The highest BCUT2D eigenvalue weighted by molar-refractivity contribution is 7.91. The Morgan fingerprint density at radius 3 is 2.92 bits per heavy atom. The van der Waals surface area contributed by atoms with E-state index in [9.17, 15) is 12.8 Å². The summed E-state index contributed by atoms with van der Waals surface area (Å²) in [6, 6.07) is 1.27. The molecule has 70 valence electrons. The Bertz CT molecular complexity index is 467. The third kappa shape index (κ3) is 1.23. The molecule has 0 bridgehead atoms. The molecule has 3 nitrogen and oxygen atoms in total. The third-order valence-corrected chi connectivity index (χ3v) is 3.81. The zero-order valence-corrected chi connectivity index (χ0v) is 7.86. The van der Waals surface area contributed by atoms with Crippen molar-refractivity contribution in [1.82, 2.24) is 4.98 Å². The SMILES string of the molecule is Cc1nc2c(cc1F)CCS2(=O)=O. The number of sulfone groups is 1. The minimum absolute atomic E-state index is 0.0538. The van der Waals surface area contributed by atoms with Crippen molar-refractivity contribution in [2.45, 2.75) is 18.4 Å². The molecule has 1 aliphatic heterocycles. The minimum Gasteiger partial charge on any atom is -0.238 e. The predicted octanol–water partition coefficient (Wildman–Crippen LogP) is 0.859. The second-order valence-electron chi connectivity index (χ2n) is 3.09. The molecule has 0 spiro atoms. The van der Waals surface area contributed by atoms with Gasteiger partial charge in [-0.05, 0) is 25.0 Å². The van der Waals surface area contributed by atoms with Gasteiger partial charge in [0.1, 0.15) is 5.82 Å². The Morgan fingerprint density at radius 2 is 2.23 bits per heavy atom. The molecule has 1 aromatic heterocycles. The van der Waals surface area contributed by atoms with Crippen molar-refractivity contribution in [2.24, 2.45) is 0 Å². The monoisotopic (exact) mass is 201 g/mol. The molecule has 0 atom stereocenters. The number of hydrogen-bond donors (Lipinski definition) is 0. The quantitative estimate of drug-likeness (QED) is 0.625. The van der Waals surface area contributed by atoms with Crippen LogP contribution in [0.2, 0.25) is 0 Å². The molecule has 1 aromatic rings. The van der Waals surface area contributed by atoms with Gasteiger partial charge in [0.15, 0.2) is 14.9 Å². The molecular formula is C8H8FNO2S. The Labute approximate surface area is 75.5 Å². The summed E-state index contributed by atoms with van der Waals surface area (Å²) in [6.07, 6.45) is 0.377. The summed E-state index contributed by atoms with van der Waals surface area (Å²) in [7, 11) is -3.22. The maximum Gasteiger partial charge on any atom is 0.196 e. The number of aromatic nitrogens is 1. The lowest BCUT2D eigenvalue weighted by molar-refractivity contribution is 0.589. The standard InChI is InChI=1S/C8H8FNO2S/c1-5-7(9)4-6-2-3-13(11,12)8(6)10-5/h4H,2-3H2,1H3. The molecule has 2 heterocycles. The van der Waals surface area contributed by atoms with Crippen LogP contribution >= 0.6 is 0 Å². The van der Waals surface area contributed by atoms with Crippen LogP contribution in [0.3, 0.4) is 0 Å². The van der Waals surface area contributed by atoms with E-state index in [1.165, 1.54) is 13.0 Å². The molecule has 0 N–H and O–H groups in total. The minimum atomic E-state index is -3.22. The highest BCUT2D eigenvalue weighted by atomic mass is 32.2. The summed E-state index contributed by atoms with van der Waals surface area (Å²) in [6.45, 7) is 1.46. The van der Waals surface area contributed by atoms with Crippen LogP contribution in [0.15, 0.2) is 11.1 Å². The van der Waals surface area contributed by atoms with Crippen LogP contribution in [0.1, 0.15) is 11.3 Å². The van der Waals surface area contributed by atoms with Crippen LogP contribution < -0.4 is 0 Å². The van der Waals surface area contributed by atoms with Crippen molar-refractivity contribution in [1.29, 1.82) is 0 Å². The van der Waals surface area contributed by atoms with Gasteiger partial charge in [0.2, 0.25) is 0 Å². The van der Waals surface area contributed by atoms with Crippen molar-refractivity contribution in [3.8, 4) is 0 Å². The molecular weight excluding hydrogens is 193 g/mol. The van der Waals surface area contributed by atoms with Crippen molar-refractivity contribution in [2.75, 3.05) is 5.75 Å². The average molecular weight is 201 g/mol. The number of rotatable bonds is 0. The van der Waals surface area contributed by atoms with Gasteiger partial charge in [-0.25, -0.2) is 17.8 Å². The molecule has 0 saturated carbocycles. The van der Waals surface area contributed by atoms with E-state index >= 15 is 0 Å². The van der Waals surface area contributed by atoms with E-state index < -0.39 is 15.7 Å². The average Bonchev–Trinajstić information content (AvgIpc) is 2.31. The number of fused-ring (bicyclic) bond motifs is 1. The fourth-order valence-corrected chi connectivity index (χ4v) is 2.90. The highest BCUT2D eigenvalue weighted by Crippen LogP contribution is 2.25. The van der Waals surface area contributed by atoms with Gasteiger partial charge >= 0.3 is 0 Å². The van der Waals surface area contributed by atoms with E-state index in [0.717, 1.165) is 0 Å². The maximum atomic E-state index is 13.0. The predicted molar refractivity (Wildman–Crippen MR) is 44.7 cm³/mol. The number of pyridine rings is 1. The van der Waals surface area contributed by atoms with Gasteiger partial charge in [0.05, 0.1) is 11.4 Å². The van der Waals surface area contributed by atoms with Crippen molar-refractivity contribution >= 4 is 9.84 Å². The van der Waals surface area contributed by atoms with Crippen molar-refractivity contribution in [3.05, 3.63) is 23.1 Å². The summed E-state index contributed by atoms with van der Waals surface area (Å²) in [4.78, 5) is 3.74. The molecule has 2 rings (SSSR count). The van der Waals surface area contributed by atoms with Gasteiger partial charge < -0.3 is 0 Å². The number of nitrogens with zero attached hydrogens (tertiary/aromatic N) is 1. The molecule has 0 unspecified atom stereocenters. The van der Waals surface area contributed by atoms with E-state index in [1.54, 1.807) is 0 Å². The lowest BCUT2D eigenvalue weighted by atomic mass is 10.2. The molecule has 0 amide bonds. The van der Waals surface area contributed by atoms with Gasteiger partial charge in [-0.1, -0.05) is 0 Å². The molecule has 0 aromatic carbocycles. The zero-order chi connectivity index (χ0) is 9.64. The van der Waals surface area contributed by atoms with Gasteiger partial charge in [-0.15, -0.1) is 0 Å². The van der Waals surface area contributed by atoms with Gasteiger partial charge in [-0.3, -0.25) is 0 Å². The molecule has 0 saturated heterocycles. The normalized spacial score (nSPS) is 18.6. The lowest BCUT2D eigenvalue weighted by Crippen LogP contribution is -2.02. The first kappa shape index (κ1) is 8.62. The van der Waals surface area contributed by atoms with Gasteiger partial charge in [0, 0.05) is 0 Å². The second kappa shape index (κ2) is 2.51. The van der Waals surface area contributed by atoms with Gasteiger partial charge in [0.25, 0.3) is 0 Å². The molecule has 1 aliphatic rings. The van der Waals surface area contributed by atoms with Crippen LogP contribution in [-0.4, -0.2) is 19.2 Å². The first-order chi connectivity index (χ1) is 6.00. The number of hydrogen-bond acceptors (Lipinski definition) is 3. The van der Waals surface area contributed by atoms with Crippen LogP contribution in [-0.2, 0) is 16.3 Å². The second-order valence-corrected chi connectivity index (χ2v) is 5.11. The maximum absolute atomic E-state index is 13.0. The topological polar surface area (TPSA) is 47.0 Å². The summed E-state index contributed by atoms with van der Waals surface area (Å²) in [5.41, 5.74) is 0.646. The first-order valence-corrected chi connectivity index (χ1v) is 5.55.